The maximum Gasteiger partial charge on any atom is 0.147 e. The summed E-state index contributed by atoms with van der Waals surface area (Å²) in [5, 5.41) is 6.71. The number of furan rings is 1. The van der Waals surface area contributed by atoms with E-state index in [2.05, 4.69) is 17.4 Å². The Labute approximate surface area is 182 Å². The number of benzene rings is 2. The minimum absolute atomic E-state index is 0.00127. The third-order valence-electron chi connectivity index (χ3n) is 6.81. The highest BCUT2D eigenvalue weighted by molar-refractivity contribution is 6.11. The molecule has 0 radical (unpaired) electrons. The molecular formula is C26H29NO4. The number of hydrogen-bond acceptors (Lipinski definition) is 5. The van der Waals surface area contributed by atoms with Gasteiger partial charge in [-0.3, -0.25) is 9.59 Å². The van der Waals surface area contributed by atoms with Crippen molar-refractivity contribution in [1.29, 1.82) is 0 Å². The SMILES string of the molecule is O=C1CC[C@H](c2coc3ccc4cc(OCCNC5CCCCC5)ccc4c23)C(=O)C1. The van der Waals surface area contributed by atoms with Crippen molar-refractivity contribution in [2.45, 2.75) is 63.3 Å². The average molecular weight is 420 g/mol. The number of fused-ring (bicyclic) bond motifs is 3. The molecule has 2 saturated carbocycles. The van der Waals surface area contributed by atoms with Crippen molar-refractivity contribution in [3.05, 3.63) is 42.2 Å². The van der Waals surface area contributed by atoms with Crippen molar-refractivity contribution < 1.29 is 18.7 Å². The zero-order valence-corrected chi connectivity index (χ0v) is 17.8. The van der Waals surface area contributed by atoms with Crippen LogP contribution in [0.3, 0.4) is 0 Å². The molecule has 1 atom stereocenters. The van der Waals surface area contributed by atoms with Crippen LogP contribution in [0.25, 0.3) is 21.7 Å². The van der Waals surface area contributed by atoms with Gasteiger partial charge < -0.3 is 14.5 Å². The Morgan fingerprint density at radius 1 is 1.03 bits per heavy atom. The molecule has 3 aromatic rings. The molecule has 1 aromatic heterocycles. The van der Waals surface area contributed by atoms with E-state index in [1.165, 1.54) is 32.1 Å². The van der Waals surface area contributed by atoms with Gasteiger partial charge in [0.2, 0.25) is 0 Å². The molecule has 0 aliphatic heterocycles. The average Bonchev–Trinajstić information content (AvgIpc) is 3.21. The molecule has 1 N–H and O–H groups in total. The van der Waals surface area contributed by atoms with Gasteiger partial charge in [-0.25, -0.2) is 0 Å². The molecule has 31 heavy (non-hydrogen) atoms. The first kappa shape index (κ1) is 20.3. The normalized spacial score (nSPS) is 20.6. The minimum Gasteiger partial charge on any atom is -0.492 e. The van der Waals surface area contributed by atoms with E-state index in [0.29, 0.717) is 25.5 Å². The molecule has 0 unspecified atom stereocenters. The van der Waals surface area contributed by atoms with E-state index in [1.807, 2.05) is 18.2 Å². The molecule has 5 rings (SSSR count). The van der Waals surface area contributed by atoms with Crippen molar-refractivity contribution >= 4 is 33.3 Å². The monoisotopic (exact) mass is 419 g/mol. The summed E-state index contributed by atoms with van der Waals surface area (Å²) in [6.07, 6.45) is 9.34. The molecule has 5 heteroatoms. The largest absolute Gasteiger partial charge is 0.492 e. The fraction of sp³-hybridized carbons (Fsp3) is 0.462. The number of carbonyl (C=O) groups excluding carboxylic acids is 2. The van der Waals surface area contributed by atoms with E-state index in [4.69, 9.17) is 9.15 Å². The third kappa shape index (κ3) is 4.24. The Kier molecular flexibility index (Phi) is 5.77. The number of nitrogens with one attached hydrogen (secondary N) is 1. The summed E-state index contributed by atoms with van der Waals surface area (Å²) >= 11 is 0. The van der Waals surface area contributed by atoms with Crippen LogP contribution in [0.15, 0.2) is 41.0 Å². The third-order valence-corrected chi connectivity index (χ3v) is 6.81. The van der Waals surface area contributed by atoms with E-state index in [0.717, 1.165) is 39.6 Å². The number of ether oxygens (including phenoxy) is 1. The second-order valence-corrected chi connectivity index (χ2v) is 8.92. The summed E-state index contributed by atoms with van der Waals surface area (Å²) in [6, 6.07) is 10.7. The highest BCUT2D eigenvalue weighted by atomic mass is 16.5. The summed E-state index contributed by atoms with van der Waals surface area (Å²) in [4.78, 5) is 24.1. The first-order valence-electron chi connectivity index (χ1n) is 11.5. The smallest absolute Gasteiger partial charge is 0.147 e. The van der Waals surface area contributed by atoms with Crippen molar-refractivity contribution in [1.82, 2.24) is 5.32 Å². The van der Waals surface area contributed by atoms with Gasteiger partial charge in [0, 0.05) is 35.9 Å². The molecular weight excluding hydrogens is 390 g/mol. The van der Waals surface area contributed by atoms with Crippen LogP contribution >= 0.6 is 0 Å². The second kappa shape index (κ2) is 8.83. The summed E-state index contributed by atoms with van der Waals surface area (Å²) < 4.78 is 11.8. The van der Waals surface area contributed by atoms with Crippen LogP contribution in [0.1, 0.15) is 62.8 Å². The second-order valence-electron chi connectivity index (χ2n) is 8.92. The van der Waals surface area contributed by atoms with Gasteiger partial charge in [0.15, 0.2) is 0 Å². The Bertz CT molecular complexity index is 1110. The fourth-order valence-corrected chi connectivity index (χ4v) is 5.16. The molecule has 0 amide bonds. The number of rotatable bonds is 6. The summed E-state index contributed by atoms with van der Waals surface area (Å²) in [5.74, 6) is 0.632. The highest BCUT2D eigenvalue weighted by Gasteiger charge is 2.31. The molecule has 0 saturated heterocycles. The van der Waals surface area contributed by atoms with Crippen LogP contribution in [0.5, 0.6) is 5.75 Å². The molecule has 1 heterocycles. The van der Waals surface area contributed by atoms with Gasteiger partial charge in [-0.2, -0.15) is 0 Å². The first-order valence-corrected chi connectivity index (χ1v) is 11.5. The van der Waals surface area contributed by atoms with E-state index >= 15 is 0 Å². The fourth-order valence-electron chi connectivity index (χ4n) is 5.16. The molecule has 5 nitrogen and oxygen atoms in total. The number of carbonyl (C=O) groups is 2. The standard InChI is InChI=1S/C26H29NO4/c28-19-7-9-22(24(29)15-19)23-16-31-25-11-6-17-14-20(8-10-21(17)26(23)25)30-13-12-27-18-4-2-1-3-5-18/h6,8,10-11,14,16,18,22,27H,1-5,7,9,12-13,15H2/t22-/m1/s1. The molecule has 2 aromatic carbocycles. The minimum atomic E-state index is -0.258. The van der Waals surface area contributed by atoms with Crippen molar-refractivity contribution in [2.75, 3.05) is 13.2 Å². The highest BCUT2D eigenvalue weighted by Crippen LogP contribution is 2.38. The van der Waals surface area contributed by atoms with Crippen LogP contribution < -0.4 is 10.1 Å². The van der Waals surface area contributed by atoms with Crippen molar-refractivity contribution in [2.24, 2.45) is 0 Å². The summed E-state index contributed by atoms with van der Waals surface area (Å²) in [6.45, 7) is 1.50. The maximum atomic E-state index is 12.5. The van der Waals surface area contributed by atoms with Crippen LogP contribution in [0.4, 0.5) is 0 Å². The first-order chi connectivity index (χ1) is 15.2. The molecule has 0 bridgehead atoms. The van der Waals surface area contributed by atoms with Gasteiger partial charge in [0.05, 0.1) is 12.7 Å². The quantitative estimate of drug-likeness (QED) is 0.434. The van der Waals surface area contributed by atoms with Gasteiger partial charge in [-0.1, -0.05) is 25.3 Å². The molecule has 162 valence electrons. The van der Waals surface area contributed by atoms with Crippen LogP contribution in [-0.4, -0.2) is 30.8 Å². The number of Topliss-reactive ketones (excluding diaryl/α,β-unsaturated/α-hetero) is 2. The van der Waals surface area contributed by atoms with E-state index in [9.17, 15) is 9.59 Å². The Morgan fingerprint density at radius 2 is 1.90 bits per heavy atom. The Morgan fingerprint density at radius 3 is 2.74 bits per heavy atom. The van der Waals surface area contributed by atoms with E-state index in [-0.39, 0.29) is 23.9 Å². The van der Waals surface area contributed by atoms with Crippen molar-refractivity contribution in [3.8, 4) is 5.75 Å². The molecule has 2 aliphatic carbocycles. The lowest BCUT2D eigenvalue weighted by Gasteiger charge is -2.22. The summed E-state index contributed by atoms with van der Waals surface area (Å²) in [5.41, 5.74) is 1.68. The molecule has 0 spiro atoms. The zero-order valence-electron chi connectivity index (χ0n) is 17.8. The van der Waals surface area contributed by atoms with Crippen LogP contribution in [0, 0.1) is 0 Å². The number of ketones is 2. The lowest BCUT2D eigenvalue weighted by molar-refractivity contribution is -0.130. The van der Waals surface area contributed by atoms with Crippen molar-refractivity contribution in [3.63, 3.8) is 0 Å². The van der Waals surface area contributed by atoms with Gasteiger partial charge in [0.25, 0.3) is 0 Å². The lowest BCUT2D eigenvalue weighted by atomic mass is 9.81. The summed E-state index contributed by atoms with van der Waals surface area (Å²) in [7, 11) is 0. The maximum absolute atomic E-state index is 12.5. The van der Waals surface area contributed by atoms with E-state index < -0.39 is 0 Å². The predicted molar refractivity (Wildman–Crippen MR) is 121 cm³/mol. The predicted octanol–water partition coefficient (Wildman–Crippen LogP) is 5.29. The molecule has 2 aliphatic rings. The Hall–Kier alpha value is -2.66. The van der Waals surface area contributed by atoms with Crippen LogP contribution in [-0.2, 0) is 9.59 Å². The Balaban J connectivity index is 1.33. The van der Waals surface area contributed by atoms with Gasteiger partial charge in [0.1, 0.15) is 29.5 Å². The zero-order chi connectivity index (χ0) is 21.2. The molecule has 2 fully saturated rings. The number of hydrogen-bond donors (Lipinski definition) is 1. The van der Waals surface area contributed by atoms with Gasteiger partial charge in [-0.15, -0.1) is 0 Å². The van der Waals surface area contributed by atoms with Gasteiger partial charge >= 0.3 is 0 Å². The lowest BCUT2D eigenvalue weighted by Crippen LogP contribution is -2.34. The topological polar surface area (TPSA) is 68.5 Å². The van der Waals surface area contributed by atoms with Gasteiger partial charge in [-0.05, 0) is 54.3 Å². The van der Waals surface area contributed by atoms with Crippen LogP contribution in [0.2, 0.25) is 0 Å². The van der Waals surface area contributed by atoms with E-state index in [1.54, 1.807) is 6.26 Å².